The largest absolute Gasteiger partial charge is 0.495 e. The van der Waals surface area contributed by atoms with Crippen LogP contribution in [0.3, 0.4) is 0 Å². The zero-order valence-electron chi connectivity index (χ0n) is 12.6. The first-order valence-electron chi connectivity index (χ1n) is 7.48. The molecule has 3 rings (SSSR count). The van der Waals surface area contributed by atoms with Crippen LogP contribution < -0.4 is 15.4 Å². The third kappa shape index (κ3) is 3.12. The van der Waals surface area contributed by atoms with Gasteiger partial charge >= 0.3 is 0 Å². The summed E-state index contributed by atoms with van der Waals surface area (Å²) < 4.78 is 7.11. The predicted molar refractivity (Wildman–Crippen MR) is 84.3 cm³/mol. The van der Waals surface area contributed by atoms with E-state index in [1.165, 1.54) is 0 Å². The number of methoxy groups -OCH3 is 1. The summed E-state index contributed by atoms with van der Waals surface area (Å²) in [5.74, 6) is 0.402. The quantitative estimate of drug-likeness (QED) is 0.907. The van der Waals surface area contributed by atoms with Crippen molar-refractivity contribution in [2.75, 3.05) is 25.5 Å². The maximum Gasteiger partial charge on any atom is 0.276 e. The number of amides is 1. The molecule has 2 aromatic rings. The Balaban J connectivity index is 1.71. The Hall–Kier alpha value is -2.34. The number of para-hydroxylation sites is 2. The first kappa shape index (κ1) is 14.6. The Morgan fingerprint density at radius 3 is 3.05 bits per heavy atom. The molecule has 22 heavy (non-hydrogen) atoms. The van der Waals surface area contributed by atoms with Crippen molar-refractivity contribution in [2.24, 2.45) is 0 Å². The molecule has 1 aliphatic rings. The van der Waals surface area contributed by atoms with Crippen molar-refractivity contribution >= 4 is 11.6 Å². The monoisotopic (exact) mass is 300 g/mol. The first-order chi connectivity index (χ1) is 10.8. The molecule has 0 aliphatic carbocycles. The molecule has 1 amide bonds. The van der Waals surface area contributed by atoms with Gasteiger partial charge in [0.05, 0.1) is 18.8 Å². The second kappa shape index (κ2) is 6.62. The topological polar surface area (TPSA) is 68.2 Å². The lowest BCUT2D eigenvalue weighted by Gasteiger charge is -2.22. The number of aromatic nitrogens is 2. The van der Waals surface area contributed by atoms with Crippen LogP contribution in [0.5, 0.6) is 5.75 Å². The lowest BCUT2D eigenvalue weighted by Crippen LogP contribution is -2.32. The van der Waals surface area contributed by atoms with Gasteiger partial charge in [0, 0.05) is 12.7 Å². The molecule has 6 nitrogen and oxygen atoms in total. The van der Waals surface area contributed by atoms with Crippen LogP contribution >= 0.6 is 0 Å². The third-order valence-electron chi connectivity index (χ3n) is 3.84. The fraction of sp³-hybridized carbons (Fsp3) is 0.375. The van der Waals surface area contributed by atoms with Crippen LogP contribution in [0.15, 0.2) is 36.5 Å². The number of carbonyl (C=O) groups is 1. The first-order valence-corrected chi connectivity index (χ1v) is 7.48. The summed E-state index contributed by atoms with van der Waals surface area (Å²) >= 11 is 0. The van der Waals surface area contributed by atoms with Gasteiger partial charge in [-0.3, -0.25) is 9.48 Å². The van der Waals surface area contributed by atoms with Crippen molar-refractivity contribution in [2.45, 2.75) is 18.9 Å². The molecule has 0 radical (unpaired) electrons. The number of rotatable bonds is 4. The lowest BCUT2D eigenvalue weighted by molar-refractivity contribution is 0.102. The highest BCUT2D eigenvalue weighted by Crippen LogP contribution is 2.23. The van der Waals surface area contributed by atoms with E-state index in [0.29, 0.717) is 23.2 Å². The van der Waals surface area contributed by atoms with Gasteiger partial charge in [0.25, 0.3) is 5.91 Å². The van der Waals surface area contributed by atoms with Crippen LogP contribution in [-0.4, -0.2) is 35.9 Å². The Morgan fingerprint density at radius 2 is 2.27 bits per heavy atom. The van der Waals surface area contributed by atoms with E-state index in [1.807, 2.05) is 29.1 Å². The van der Waals surface area contributed by atoms with Crippen LogP contribution in [0.1, 0.15) is 29.4 Å². The molecule has 6 heteroatoms. The number of carbonyl (C=O) groups excluding carboxylic acids is 1. The van der Waals surface area contributed by atoms with Crippen molar-refractivity contribution in [3.05, 3.63) is 42.2 Å². The number of anilines is 1. The molecule has 0 bridgehead atoms. The molecule has 116 valence electrons. The second-order valence-corrected chi connectivity index (χ2v) is 5.34. The summed E-state index contributed by atoms with van der Waals surface area (Å²) in [5, 5.41) is 10.6. The summed E-state index contributed by atoms with van der Waals surface area (Å²) in [7, 11) is 1.58. The van der Waals surface area contributed by atoms with Crippen molar-refractivity contribution in [3.8, 4) is 5.75 Å². The Morgan fingerprint density at radius 1 is 1.41 bits per heavy atom. The highest BCUT2D eigenvalue weighted by Gasteiger charge is 2.18. The van der Waals surface area contributed by atoms with Gasteiger partial charge < -0.3 is 15.4 Å². The van der Waals surface area contributed by atoms with E-state index in [4.69, 9.17) is 4.74 Å². The molecular formula is C16H20N4O2. The summed E-state index contributed by atoms with van der Waals surface area (Å²) in [6, 6.07) is 9.39. The number of benzene rings is 1. The second-order valence-electron chi connectivity index (χ2n) is 5.34. The Bertz CT molecular complexity index is 647. The molecule has 2 heterocycles. The van der Waals surface area contributed by atoms with Gasteiger partial charge in [-0.1, -0.05) is 12.1 Å². The van der Waals surface area contributed by atoms with E-state index in [0.717, 1.165) is 25.9 Å². The zero-order chi connectivity index (χ0) is 15.4. The number of hydrogen-bond acceptors (Lipinski definition) is 4. The van der Waals surface area contributed by atoms with E-state index in [2.05, 4.69) is 15.7 Å². The van der Waals surface area contributed by atoms with E-state index in [-0.39, 0.29) is 5.91 Å². The van der Waals surface area contributed by atoms with Crippen LogP contribution in [-0.2, 0) is 0 Å². The van der Waals surface area contributed by atoms with E-state index < -0.39 is 0 Å². The van der Waals surface area contributed by atoms with Gasteiger partial charge in [-0.05, 0) is 37.6 Å². The number of piperidine rings is 1. The summed E-state index contributed by atoms with van der Waals surface area (Å²) in [5.41, 5.74) is 1.06. The van der Waals surface area contributed by atoms with E-state index >= 15 is 0 Å². The number of ether oxygens (including phenoxy) is 1. The lowest BCUT2D eigenvalue weighted by atomic mass is 10.1. The smallest absolute Gasteiger partial charge is 0.276 e. The summed E-state index contributed by atoms with van der Waals surface area (Å²) in [6.45, 7) is 1.95. The SMILES string of the molecule is COc1ccccc1NC(=O)c1ccn(C2CCCNC2)n1. The normalized spacial score (nSPS) is 18.0. The zero-order valence-corrected chi connectivity index (χ0v) is 12.6. The molecule has 2 N–H and O–H groups in total. The van der Waals surface area contributed by atoms with Crippen LogP contribution in [0.4, 0.5) is 5.69 Å². The molecular weight excluding hydrogens is 280 g/mol. The van der Waals surface area contributed by atoms with Crippen LogP contribution in [0, 0.1) is 0 Å². The standard InChI is InChI=1S/C16H20N4O2/c1-22-15-7-3-2-6-13(15)18-16(21)14-8-10-20(19-14)12-5-4-9-17-11-12/h2-3,6-8,10,12,17H,4-5,9,11H2,1H3,(H,18,21). The molecule has 1 atom stereocenters. The van der Waals surface area contributed by atoms with Gasteiger partial charge in [0.1, 0.15) is 5.75 Å². The number of hydrogen-bond donors (Lipinski definition) is 2. The molecule has 1 saturated heterocycles. The average Bonchev–Trinajstić information content (AvgIpc) is 3.06. The molecule has 1 unspecified atom stereocenters. The van der Waals surface area contributed by atoms with Crippen molar-refractivity contribution < 1.29 is 9.53 Å². The fourth-order valence-electron chi connectivity index (χ4n) is 2.66. The minimum atomic E-state index is -0.230. The summed E-state index contributed by atoms with van der Waals surface area (Å²) in [4.78, 5) is 12.3. The Kier molecular flexibility index (Phi) is 4.39. The van der Waals surface area contributed by atoms with Crippen LogP contribution in [0.2, 0.25) is 0 Å². The highest BCUT2D eigenvalue weighted by atomic mass is 16.5. The van der Waals surface area contributed by atoms with Gasteiger partial charge in [-0.2, -0.15) is 5.10 Å². The van der Waals surface area contributed by atoms with Crippen LogP contribution in [0.25, 0.3) is 0 Å². The minimum absolute atomic E-state index is 0.230. The highest BCUT2D eigenvalue weighted by molar-refractivity contribution is 6.03. The molecule has 0 spiro atoms. The van der Waals surface area contributed by atoms with Gasteiger partial charge in [0.15, 0.2) is 5.69 Å². The molecule has 1 aromatic heterocycles. The van der Waals surface area contributed by atoms with E-state index in [9.17, 15) is 4.79 Å². The third-order valence-corrected chi connectivity index (χ3v) is 3.84. The minimum Gasteiger partial charge on any atom is -0.495 e. The fourth-order valence-corrected chi connectivity index (χ4v) is 2.66. The average molecular weight is 300 g/mol. The molecule has 0 saturated carbocycles. The number of nitrogens with one attached hydrogen (secondary N) is 2. The Labute approximate surface area is 129 Å². The van der Waals surface area contributed by atoms with Crippen molar-refractivity contribution in [1.29, 1.82) is 0 Å². The van der Waals surface area contributed by atoms with Crippen molar-refractivity contribution in [1.82, 2.24) is 15.1 Å². The predicted octanol–water partition coefficient (Wildman–Crippen LogP) is 2.07. The van der Waals surface area contributed by atoms with Gasteiger partial charge in [-0.15, -0.1) is 0 Å². The molecule has 1 fully saturated rings. The van der Waals surface area contributed by atoms with E-state index in [1.54, 1.807) is 19.2 Å². The maximum absolute atomic E-state index is 12.3. The molecule has 1 aliphatic heterocycles. The maximum atomic E-state index is 12.3. The van der Waals surface area contributed by atoms with Crippen molar-refractivity contribution in [3.63, 3.8) is 0 Å². The number of nitrogens with zero attached hydrogens (tertiary/aromatic N) is 2. The van der Waals surface area contributed by atoms with Gasteiger partial charge in [0.2, 0.25) is 0 Å². The summed E-state index contributed by atoms with van der Waals surface area (Å²) in [6.07, 6.45) is 4.09. The van der Waals surface area contributed by atoms with Gasteiger partial charge in [-0.25, -0.2) is 0 Å². The molecule has 1 aromatic carbocycles.